The largest absolute Gasteiger partial charge is 0.481 e. The highest BCUT2D eigenvalue weighted by atomic mass is 35.5. The minimum atomic E-state index is -0.657. The van der Waals surface area contributed by atoms with Crippen molar-refractivity contribution >= 4 is 24.2 Å². The molecule has 0 saturated carbocycles. The summed E-state index contributed by atoms with van der Waals surface area (Å²) in [5.41, 5.74) is 7.02. The lowest BCUT2D eigenvalue weighted by atomic mass is 10.2. The molecule has 2 rings (SSSR count). The number of amides is 2. The predicted molar refractivity (Wildman–Crippen MR) is 106 cm³/mol. The number of nitrogens with zero attached hydrogens (tertiary/aromatic N) is 2. The van der Waals surface area contributed by atoms with Crippen LogP contribution in [0.15, 0.2) is 24.3 Å². The lowest BCUT2D eigenvalue weighted by Gasteiger charge is -2.36. The van der Waals surface area contributed by atoms with Crippen LogP contribution in [0.3, 0.4) is 0 Å². The summed E-state index contributed by atoms with van der Waals surface area (Å²) in [5.74, 6) is 0.472. The number of methoxy groups -OCH3 is 1. The zero-order chi connectivity index (χ0) is 19.1. The van der Waals surface area contributed by atoms with Gasteiger partial charge in [0.2, 0.25) is 5.91 Å². The maximum absolute atomic E-state index is 12.6. The van der Waals surface area contributed by atoms with Crippen LogP contribution < -0.4 is 10.5 Å². The monoisotopic (exact) mass is 399 g/mol. The Labute approximate surface area is 167 Å². The molecule has 8 heteroatoms. The summed E-state index contributed by atoms with van der Waals surface area (Å²) in [6, 6.07) is 7.11. The molecular weight excluding hydrogens is 370 g/mol. The van der Waals surface area contributed by atoms with Crippen LogP contribution in [0, 0.1) is 0 Å². The van der Waals surface area contributed by atoms with E-state index >= 15 is 0 Å². The number of aryl methyl sites for hydroxylation is 1. The summed E-state index contributed by atoms with van der Waals surface area (Å²) in [4.78, 5) is 28.2. The number of piperazine rings is 1. The van der Waals surface area contributed by atoms with Crippen LogP contribution in [0.5, 0.6) is 5.75 Å². The summed E-state index contributed by atoms with van der Waals surface area (Å²) in [7, 11) is 1.51. The lowest BCUT2D eigenvalue weighted by Crippen LogP contribution is -2.56. The second-order valence-corrected chi connectivity index (χ2v) is 6.47. The van der Waals surface area contributed by atoms with Crippen molar-refractivity contribution in [2.45, 2.75) is 32.4 Å². The fourth-order valence-corrected chi connectivity index (χ4v) is 2.95. The normalized spacial score (nSPS) is 16.3. The standard InChI is InChI=1S/C19H29N3O4.ClH/c1-4-15-5-7-16(8-6-15)26-14(2)18(23)21-9-11-22(12-10-21)19(24)17(20)13-25-3;/h5-8,14,17H,4,9-13,20H2,1-3H3;1H. The van der Waals surface area contributed by atoms with Gasteiger partial charge in [0.05, 0.1) is 6.61 Å². The Kier molecular flexibility index (Phi) is 9.55. The number of carbonyl (C=O) groups excluding carboxylic acids is 2. The summed E-state index contributed by atoms with van der Waals surface area (Å²) in [6.45, 7) is 5.94. The Bertz CT molecular complexity index is 603. The Balaban J connectivity index is 0.00000364. The molecular formula is C19H30ClN3O4. The van der Waals surface area contributed by atoms with Crippen molar-refractivity contribution in [3.8, 4) is 5.75 Å². The molecule has 0 bridgehead atoms. The molecule has 1 heterocycles. The first-order valence-corrected chi connectivity index (χ1v) is 9.04. The molecule has 0 radical (unpaired) electrons. The van der Waals surface area contributed by atoms with E-state index in [-0.39, 0.29) is 30.8 Å². The minimum Gasteiger partial charge on any atom is -0.481 e. The Morgan fingerprint density at radius 1 is 1.07 bits per heavy atom. The Morgan fingerprint density at radius 2 is 1.59 bits per heavy atom. The van der Waals surface area contributed by atoms with E-state index in [2.05, 4.69) is 6.92 Å². The van der Waals surface area contributed by atoms with E-state index in [9.17, 15) is 9.59 Å². The predicted octanol–water partition coefficient (Wildman–Crippen LogP) is 1.08. The fraction of sp³-hybridized carbons (Fsp3) is 0.579. The van der Waals surface area contributed by atoms with Gasteiger partial charge in [0, 0.05) is 33.3 Å². The average molecular weight is 400 g/mol. The van der Waals surface area contributed by atoms with E-state index in [1.165, 1.54) is 12.7 Å². The second-order valence-electron chi connectivity index (χ2n) is 6.47. The van der Waals surface area contributed by atoms with Crippen LogP contribution in [-0.2, 0) is 20.7 Å². The van der Waals surface area contributed by atoms with Gasteiger partial charge < -0.3 is 25.0 Å². The minimum absolute atomic E-state index is 0. The van der Waals surface area contributed by atoms with E-state index in [0.717, 1.165) is 6.42 Å². The van der Waals surface area contributed by atoms with Crippen molar-refractivity contribution in [1.82, 2.24) is 9.80 Å². The first-order chi connectivity index (χ1) is 12.5. The Morgan fingerprint density at radius 3 is 2.07 bits per heavy atom. The van der Waals surface area contributed by atoms with Gasteiger partial charge in [0.1, 0.15) is 11.8 Å². The molecule has 1 aromatic carbocycles. The highest BCUT2D eigenvalue weighted by molar-refractivity contribution is 5.85. The smallest absolute Gasteiger partial charge is 0.263 e. The fourth-order valence-electron chi connectivity index (χ4n) is 2.95. The molecule has 2 unspecified atom stereocenters. The lowest BCUT2D eigenvalue weighted by molar-refractivity contribution is -0.144. The van der Waals surface area contributed by atoms with Crippen molar-refractivity contribution in [1.29, 1.82) is 0 Å². The van der Waals surface area contributed by atoms with Crippen LogP contribution >= 0.6 is 12.4 Å². The summed E-state index contributed by atoms with van der Waals surface area (Å²) in [5, 5.41) is 0. The molecule has 0 spiro atoms. The number of hydrogen-bond acceptors (Lipinski definition) is 5. The third kappa shape index (κ3) is 6.37. The molecule has 0 aliphatic carbocycles. The van der Waals surface area contributed by atoms with E-state index in [1.807, 2.05) is 24.3 Å². The van der Waals surface area contributed by atoms with Crippen molar-refractivity contribution in [2.24, 2.45) is 5.73 Å². The van der Waals surface area contributed by atoms with Crippen LogP contribution in [0.4, 0.5) is 0 Å². The highest BCUT2D eigenvalue weighted by Gasteiger charge is 2.29. The molecule has 2 atom stereocenters. The zero-order valence-corrected chi connectivity index (χ0v) is 17.0. The number of nitrogens with two attached hydrogens (primary N) is 1. The van der Waals surface area contributed by atoms with Crippen LogP contribution in [-0.4, -0.2) is 73.7 Å². The van der Waals surface area contributed by atoms with Crippen molar-refractivity contribution in [3.05, 3.63) is 29.8 Å². The molecule has 2 amide bonds. The van der Waals surface area contributed by atoms with Crippen LogP contribution in [0.25, 0.3) is 0 Å². The maximum atomic E-state index is 12.6. The van der Waals surface area contributed by atoms with Crippen molar-refractivity contribution < 1.29 is 19.1 Å². The summed E-state index contributed by atoms with van der Waals surface area (Å²) < 4.78 is 10.7. The first kappa shape index (κ1) is 23.2. The number of ether oxygens (including phenoxy) is 2. The Hall–Kier alpha value is -1.83. The molecule has 1 aliphatic rings. The average Bonchev–Trinajstić information content (AvgIpc) is 2.67. The van der Waals surface area contributed by atoms with Crippen LogP contribution in [0.1, 0.15) is 19.4 Å². The third-order valence-electron chi connectivity index (χ3n) is 4.56. The van der Waals surface area contributed by atoms with Gasteiger partial charge in [-0.15, -0.1) is 12.4 Å². The highest BCUT2D eigenvalue weighted by Crippen LogP contribution is 2.16. The maximum Gasteiger partial charge on any atom is 0.263 e. The number of halogens is 1. The van der Waals surface area contributed by atoms with Gasteiger partial charge in [-0.05, 0) is 31.0 Å². The van der Waals surface area contributed by atoms with Gasteiger partial charge in [-0.3, -0.25) is 9.59 Å². The number of benzene rings is 1. The first-order valence-electron chi connectivity index (χ1n) is 9.04. The second kappa shape index (κ2) is 11.1. The van der Waals surface area contributed by atoms with Crippen LogP contribution in [0.2, 0.25) is 0 Å². The molecule has 152 valence electrons. The van der Waals surface area contributed by atoms with Gasteiger partial charge >= 0.3 is 0 Å². The SMILES string of the molecule is CCc1ccc(OC(C)C(=O)N2CCN(C(=O)C(N)COC)CC2)cc1.Cl. The van der Waals surface area contributed by atoms with E-state index in [1.54, 1.807) is 16.7 Å². The van der Waals surface area contributed by atoms with Gasteiger partial charge in [0.15, 0.2) is 6.10 Å². The quantitative estimate of drug-likeness (QED) is 0.741. The van der Waals surface area contributed by atoms with Crippen molar-refractivity contribution in [3.63, 3.8) is 0 Å². The molecule has 0 aromatic heterocycles. The number of carbonyl (C=O) groups is 2. The van der Waals surface area contributed by atoms with E-state index in [4.69, 9.17) is 15.2 Å². The van der Waals surface area contributed by atoms with Gasteiger partial charge in [0.25, 0.3) is 5.91 Å². The number of rotatable bonds is 7. The number of hydrogen-bond donors (Lipinski definition) is 1. The topological polar surface area (TPSA) is 85.1 Å². The molecule has 27 heavy (non-hydrogen) atoms. The molecule has 1 aromatic rings. The zero-order valence-electron chi connectivity index (χ0n) is 16.2. The molecule has 1 fully saturated rings. The summed E-state index contributed by atoms with van der Waals surface area (Å²) in [6.07, 6.45) is 0.395. The van der Waals surface area contributed by atoms with Gasteiger partial charge in [-0.1, -0.05) is 19.1 Å². The van der Waals surface area contributed by atoms with Crippen molar-refractivity contribution in [2.75, 3.05) is 39.9 Å². The third-order valence-corrected chi connectivity index (χ3v) is 4.56. The molecule has 2 N–H and O–H groups in total. The van der Waals surface area contributed by atoms with Gasteiger partial charge in [-0.2, -0.15) is 0 Å². The molecule has 7 nitrogen and oxygen atoms in total. The van der Waals surface area contributed by atoms with Gasteiger partial charge in [-0.25, -0.2) is 0 Å². The molecule has 1 saturated heterocycles. The molecule has 1 aliphatic heterocycles. The van der Waals surface area contributed by atoms with E-state index in [0.29, 0.717) is 31.9 Å². The van der Waals surface area contributed by atoms with E-state index < -0.39 is 12.1 Å². The summed E-state index contributed by atoms with van der Waals surface area (Å²) >= 11 is 0.